The Kier molecular flexibility index (Phi) is 11.1. The Labute approximate surface area is 209 Å². The van der Waals surface area contributed by atoms with Gasteiger partial charge in [-0.2, -0.15) is 0 Å². The average molecular weight is 481 g/mol. The van der Waals surface area contributed by atoms with Gasteiger partial charge in [0.1, 0.15) is 11.8 Å². The minimum Gasteiger partial charge on any atom is -0.494 e. The van der Waals surface area contributed by atoms with Crippen molar-refractivity contribution in [1.82, 2.24) is 20.4 Å². The zero-order chi connectivity index (χ0) is 24.9. The van der Waals surface area contributed by atoms with Crippen LogP contribution in [0.15, 0.2) is 54.6 Å². The molecule has 35 heavy (non-hydrogen) atoms. The predicted octanol–water partition coefficient (Wildman–Crippen LogP) is 2.96. The average Bonchev–Trinajstić information content (AvgIpc) is 2.88. The standard InChI is InChI=1S/C28H40N4O3/c1-3-4-15-29-28(34)26(30-27(33)24-9-6-5-7-10-24)22-23-11-13-25(14-12-23)35-21-8-16-32-19-17-31(2)18-20-32/h5-7,9-14,26H,3-4,8,15-22H2,1-2H3,(H,29,34)(H,30,33)/t26-/m1/s1. The molecule has 1 aliphatic heterocycles. The maximum absolute atomic E-state index is 12.8. The molecule has 0 aliphatic carbocycles. The molecule has 2 N–H and O–H groups in total. The summed E-state index contributed by atoms with van der Waals surface area (Å²) in [5.74, 6) is 0.415. The number of nitrogens with one attached hydrogen (secondary N) is 2. The van der Waals surface area contributed by atoms with Gasteiger partial charge < -0.3 is 25.2 Å². The maximum atomic E-state index is 12.8. The van der Waals surface area contributed by atoms with Crippen LogP contribution in [0.25, 0.3) is 0 Å². The number of amides is 2. The predicted molar refractivity (Wildman–Crippen MR) is 140 cm³/mol. The normalized spacial score (nSPS) is 15.4. The molecule has 1 aliphatic rings. The second-order valence-electron chi connectivity index (χ2n) is 9.23. The summed E-state index contributed by atoms with van der Waals surface area (Å²) in [5.41, 5.74) is 1.51. The first-order chi connectivity index (χ1) is 17.0. The highest BCUT2D eigenvalue weighted by Crippen LogP contribution is 2.15. The van der Waals surface area contributed by atoms with Crippen molar-refractivity contribution in [2.24, 2.45) is 0 Å². The zero-order valence-corrected chi connectivity index (χ0v) is 21.2. The van der Waals surface area contributed by atoms with Crippen LogP contribution in [-0.2, 0) is 11.2 Å². The first-order valence-corrected chi connectivity index (χ1v) is 12.8. The Hall–Kier alpha value is -2.90. The number of benzene rings is 2. The van der Waals surface area contributed by atoms with E-state index in [1.807, 2.05) is 42.5 Å². The molecule has 1 saturated heterocycles. The van der Waals surface area contributed by atoms with E-state index in [-0.39, 0.29) is 11.8 Å². The molecule has 0 aromatic heterocycles. The lowest BCUT2D eigenvalue weighted by molar-refractivity contribution is -0.122. The van der Waals surface area contributed by atoms with E-state index in [2.05, 4.69) is 34.4 Å². The fourth-order valence-corrected chi connectivity index (χ4v) is 4.06. The topological polar surface area (TPSA) is 73.9 Å². The zero-order valence-electron chi connectivity index (χ0n) is 21.2. The molecule has 3 rings (SSSR count). The molecule has 1 fully saturated rings. The van der Waals surface area contributed by atoms with Crippen molar-refractivity contribution in [3.05, 3.63) is 65.7 Å². The molecule has 1 atom stereocenters. The minimum atomic E-state index is -0.644. The molecule has 2 aromatic rings. The number of nitrogens with zero attached hydrogens (tertiary/aromatic N) is 2. The van der Waals surface area contributed by atoms with Crippen LogP contribution in [0.2, 0.25) is 0 Å². The Morgan fingerprint density at radius 1 is 0.971 bits per heavy atom. The highest BCUT2D eigenvalue weighted by molar-refractivity contribution is 5.97. The van der Waals surface area contributed by atoms with Crippen LogP contribution in [-0.4, -0.2) is 80.6 Å². The van der Waals surface area contributed by atoms with E-state index in [0.717, 1.165) is 63.3 Å². The number of unbranched alkanes of at least 4 members (excludes halogenated alkanes) is 1. The monoisotopic (exact) mass is 480 g/mol. The van der Waals surface area contributed by atoms with Crippen molar-refractivity contribution in [3.63, 3.8) is 0 Å². The Balaban J connectivity index is 1.50. The smallest absolute Gasteiger partial charge is 0.251 e. The molecule has 0 spiro atoms. The first kappa shape index (κ1) is 26.7. The van der Waals surface area contributed by atoms with Gasteiger partial charge in [-0.25, -0.2) is 0 Å². The van der Waals surface area contributed by atoms with Crippen LogP contribution >= 0.6 is 0 Å². The molecular formula is C28H40N4O3. The Morgan fingerprint density at radius 2 is 1.69 bits per heavy atom. The van der Waals surface area contributed by atoms with Gasteiger partial charge in [0.25, 0.3) is 5.91 Å². The summed E-state index contributed by atoms with van der Waals surface area (Å²) in [6.45, 7) is 8.93. The number of likely N-dealkylation sites (N-methyl/N-ethyl adjacent to an activating group) is 1. The molecule has 7 heteroatoms. The highest BCUT2D eigenvalue weighted by atomic mass is 16.5. The molecular weight excluding hydrogens is 440 g/mol. The van der Waals surface area contributed by atoms with Crippen LogP contribution in [0, 0.1) is 0 Å². The van der Waals surface area contributed by atoms with Gasteiger partial charge in [0.15, 0.2) is 0 Å². The Morgan fingerprint density at radius 3 is 2.37 bits per heavy atom. The summed E-state index contributed by atoms with van der Waals surface area (Å²) in [6, 6.07) is 16.2. The summed E-state index contributed by atoms with van der Waals surface area (Å²) in [7, 11) is 2.17. The lowest BCUT2D eigenvalue weighted by Crippen LogP contribution is -2.48. The number of rotatable bonds is 13. The molecule has 2 amide bonds. The lowest BCUT2D eigenvalue weighted by atomic mass is 10.0. The van der Waals surface area contributed by atoms with Crippen LogP contribution < -0.4 is 15.4 Å². The molecule has 0 bridgehead atoms. The highest BCUT2D eigenvalue weighted by Gasteiger charge is 2.21. The SMILES string of the molecule is CCCCNC(=O)[C@@H](Cc1ccc(OCCCN2CCN(C)CC2)cc1)NC(=O)c1ccccc1. The minimum absolute atomic E-state index is 0.160. The van der Waals surface area contributed by atoms with Crippen molar-refractivity contribution < 1.29 is 14.3 Å². The van der Waals surface area contributed by atoms with Crippen molar-refractivity contribution in [2.45, 2.75) is 38.6 Å². The summed E-state index contributed by atoms with van der Waals surface area (Å²) < 4.78 is 5.93. The molecule has 7 nitrogen and oxygen atoms in total. The van der Waals surface area contributed by atoms with E-state index < -0.39 is 6.04 Å². The number of ether oxygens (including phenoxy) is 1. The quantitative estimate of drug-likeness (QED) is 0.431. The molecule has 190 valence electrons. The molecule has 1 heterocycles. The largest absolute Gasteiger partial charge is 0.494 e. The van der Waals surface area contributed by atoms with E-state index in [1.165, 1.54) is 0 Å². The third kappa shape index (κ3) is 9.34. The van der Waals surface area contributed by atoms with Crippen molar-refractivity contribution in [2.75, 3.05) is 52.9 Å². The molecule has 2 aromatic carbocycles. The van der Waals surface area contributed by atoms with Crippen LogP contribution in [0.3, 0.4) is 0 Å². The third-order valence-electron chi connectivity index (χ3n) is 6.33. The van der Waals surface area contributed by atoms with Gasteiger partial charge >= 0.3 is 0 Å². The van der Waals surface area contributed by atoms with Crippen molar-refractivity contribution >= 4 is 11.8 Å². The fraction of sp³-hybridized carbons (Fsp3) is 0.500. The number of piperazine rings is 1. The second kappa shape index (κ2) is 14.5. The summed E-state index contributed by atoms with van der Waals surface area (Å²) in [5, 5.41) is 5.86. The van der Waals surface area contributed by atoms with Gasteiger partial charge in [0.2, 0.25) is 5.91 Å². The number of hydrogen-bond donors (Lipinski definition) is 2. The fourth-order valence-electron chi connectivity index (χ4n) is 4.06. The second-order valence-corrected chi connectivity index (χ2v) is 9.23. The van der Waals surface area contributed by atoms with Crippen molar-refractivity contribution in [1.29, 1.82) is 0 Å². The number of carbonyl (C=O) groups is 2. The molecule has 0 saturated carbocycles. The first-order valence-electron chi connectivity index (χ1n) is 12.8. The number of carbonyl (C=O) groups excluding carboxylic acids is 2. The van der Waals surface area contributed by atoms with Gasteiger partial charge in [0, 0.05) is 51.3 Å². The maximum Gasteiger partial charge on any atom is 0.251 e. The van der Waals surface area contributed by atoms with Gasteiger partial charge in [-0.15, -0.1) is 0 Å². The van der Waals surface area contributed by atoms with Gasteiger partial charge in [-0.05, 0) is 49.7 Å². The van der Waals surface area contributed by atoms with E-state index in [0.29, 0.717) is 25.1 Å². The van der Waals surface area contributed by atoms with Gasteiger partial charge in [-0.3, -0.25) is 9.59 Å². The van der Waals surface area contributed by atoms with Gasteiger partial charge in [-0.1, -0.05) is 43.7 Å². The number of hydrogen-bond acceptors (Lipinski definition) is 5. The van der Waals surface area contributed by atoms with Gasteiger partial charge in [0.05, 0.1) is 6.61 Å². The third-order valence-corrected chi connectivity index (χ3v) is 6.33. The lowest BCUT2D eigenvalue weighted by Gasteiger charge is -2.32. The Bertz CT molecular complexity index is 896. The van der Waals surface area contributed by atoms with Crippen LogP contribution in [0.1, 0.15) is 42.1 Å². The summed E-state index contributed by atoms with van der Waals surface area (Å²) >= 11 is 0. The van der Waals surface area contributed by atoms with Crippen molar-refractivity contribution in [3.8, 4) is 5.75 Å². The summed E-state index contributed by atoms with van der Waals surface area (Å²) in [4.78, 5) is 30.4. The van der Waals surface area contributed by atoms with E-state index in [9.17, 15) is 9.59 Å². The van der Waals surface area contributed by atoms with Crippen LogP contribution in [0.5, 0.6) is 5.75 Å². The molecule has 0 unspecified atom stereocenters. The van der Waals surface area contributed by atoms with E-state index in [1.54, 1.807) is 12.1 Å². The summed E-state index contributed by atoms with van der Waals surface area (Å²) in [6.07, 6.45) is 3.32. The molecule has 0 radical (unpaired) electrons. The van der Waals surface area contributed by atoms with E-state index in [4.69, 9.17) is 4.74 Å². The van der Waals surface area contributed by atoms with Crippen LogP contribution in [0.4, 0.5) is 0 Å². The van der Waals surface area contributed by atoms with E-state index >= 15 is 0 Å².